The van der Waals surface area contributed by atoms with E-state index in [1.165, 1.54) is 22.5 Å². The minimum Gasteiger partial charge on any atom is -0.326 e. The second kappa shape index (κ2) is 6.39. The molecule has 118 valence electrons. The largest absolute Gasteiger partial charge is 0.326 e. The Morgan fingerprint density at radius 3 is 2.76 bits per heavy atom. The Bertz CT molecular complexity index is 606. The third-order valence-electron chi connectivity index (χ3n) is 3.85. The number of hydrogen-bond acceptors (Lipinski definition) is 4. The van der Waals surface area contributed by atoms with Gasteiger partial charge in [-0.2, -0.15) is 4.31 Å². The van der Waals surface area contributed by atoms with E-state index in [1.54, 1.807) is 0 Å². The van der Waals surface area contributed by atoms with Gasteiger partial charge in [0.1, 0.15) is 5.82 Å². The second-order valence-corrected chi connectivity index (χ2v) is 7.36. The summed E-state index contributed by atoms with van der Waals surface area (Å²) < 4.78 is 41.0. The minimum absolute atomic E-state index is 0.0126. The normalized spacial score (nSPS) is 22.2. The molecule has 2 rings (SSSR count). The van der Waals surface area contributed by atoms with Crippen molar-refractivity contribution in [2.45, 2.75) is 30.8 Å². The number of nitrogens with zero attached hydrogens (tertiary/aromatic N) is 2. The zero-order valence-corrected chi connectivity index (χ0v) is 13.2. The highest BCUT2D eigenvalue weighted by molar-refractivity contribution is 7.89. The lowest BCUT2D eigenvalue weighted by Gasteiger charge is -2.28. The Balaban J connectivity index is 2.44. The SMILES string of the molecule is CC1CN(C)CCCN1S(=O)(=O)c1cccc(F)c1CN. The van der Waals surface area contributed by atoms with Gasteiger partial charge in [0.05, 0.1) is 4.90 Å². The molecule has 0 aliphatic carbocycles. The number of halogens is 1. The molecule has 0 amide bonds. The summed E-state index contributed by atoms with van der Waals surface area (Å²) in [5.41, 5.74) is 5.59. The fraction of sp³-hybridized carbons (Fsp3) is 0.571. The fourth-order valence-corrected chi connectivity index (χ4v) is 4.72. The van der Waals surface area contributed by atoms with E-state index in [4.69, 9.17) is 5.73 Å². The Morgan fingerprint density at radius 2 is 2.10 bits per heavy atom. The smallest absolute Gasteiger partial charge is 0.243 e. The van der Waals surface area contributed by atoms with E-state index in [-0.39, 0.29) is 23.0 Å². The molecule has 2 N–H and O–H groups in total. The standard InChI is InChI=1S/C14H22FN3O2S/c1-11-10-17(2)7-4-8-18(11)21(19,20)14-6-3-5-13(15)12(14)9-16/h3,5-6,11H,4,7-10,16H2,1-2H3. The van der Waals surface area contributed by atoms with E-state index in [0.717, 1.165) is 13.0 Å². The lowest BCUT2D eigenvalue weighted by atomic mass is 10.2. The van der Waals surface area contributed by atoms with Crippen molar-refractivity contribution < 1.29 is 12.8 Å². The Kier molecular flexibility index (Phi) is 4.98. The first-order valence-electron chi connectivity index (χ1n) is 7.05. The molecule has 7 heteroatoms. The first-order chi connectivity index (χ1) is 9.87. The van der Waals surface area contributed by atoms with Crippen molar-refractivity contribution in [2.75, 3.05) is 26.7 Å². The van der Waals surface area contributed by atoms with Crippen molar-refractivity contribution in [3.05, 3.63) is 29.6 Å². The molecule has 1 aromatic rings. The van der Waals surface area contributed by atoms with Crippen LogP contribution in [0.5, 0.6) is 0 Å². The molecule has 1 saturated heterocycles. The predicted octanol–water partition coefficient (Wildman–Crippen LogP) is 0.999. The monoisotopic (exact) mass is 315 g/mol. The lowest BCUT2D eigenvalue weighted by molar-refractivity contribution is 0.290. The van der Waals surface area contributed by atoms with E-state index in [0.29, 0.717) is 13.1 Å². The van der Waals surface area contributed by atoms with Crippen LogP contribution in [0.25, 0.3) is 0 Å². The molecule has 1 unspecified atom stereocenters. The summed E-state index contributed by atoms with van der Waals surface area (Å²) >= 11 is 0. The molecule has 1 atom stereocenters. The van der Waals surface area contributed by atoms with Crippen LogP contribution in [0.4, 0.5) is 4.39 Å². The number of sulfonamides is 1. The summed E-state index contributed by atoms with van der Waals surface area (Å²) in [5.74, 6) is -0.571. The van der Waals surface area contributed by atoms with Crippen LogP contribution in [-0.4, -0.2) is 50.3 Å². The van der Waals surface area contributed by atoms with Crippen LogP contribution in [0.3, 0.4) is 0 Å². The van der Waals surface area contributed by atoms with E-state index in [2.05, 4.69) is 4.90 Å². The first kappa shape index (κ1) is 16.4. The van der Waals surface area contributed by atoms with Gasteiger partial charge in [0, 0.05) is 31.2 Å². The highest BCUT2D eigenvalue weighted by atomic mass is 32.2. The Hall–Kier alpha value is -1.02. The molecule has 1 fully saturated rings. The lowest BCUT2D eigenvalue weighted by Crippen LogP contribution is -2.42. The van der Waals surface area contributed by atoms with Crippen molar-refractivity contribution >= 4 is 10.0 Å². The van der Waals surface area contributed by atoms with Gasteiger partial charge in [0.2, 0.25) is 10.0 Å². The van der Waals surface area contributed by atoms with Crippen molar-refractivity contribution in [1.82, 2.24) is 9.21 Å². The number of hydrogen-bond donors (Lipinski definition) is 1. The first-order valence-corrected chi connectivity index (χ1v) is 8.49. The molecular formula is C14H22FN3O2S. The van der Waals surface area contributed by atoms with Crippen molar-refractivity contribution in [3.63, 3.8) is 0 Å². The number of nitrogens with two attached hydrogens (primary N) is 1. The van der Waals surface area contributed by atoms with E-state index >= 15 is 0 Å². The van der Waals surface area contributed by atoms with Gasteiger partial charge in [-0.1, -0.05) is 6.07 Å². The minimum atomic E-state index is -3.74. The molecule has 0 radical (unpaired) electrons. The van der Waals surface area contributed by atoms with Gasteiger partial charge < -0.3 is 10.6 Å². The quantitative estimate of drug-likeness (QED) is 0.903. The van der Waals surface area contributed by atoms with Crippen LogP contribution < -0.4 is 5.73 Å². The summed E-state index contributed by atoms with van der Waals surface area (Å²) in [5, 5.41) is 0. The molecular weight excluding hydrogens is 293 g/mol. The number of likely N-dealkylation sites (N-methyl/N-ethyl adjacent to an activating group) is 1. The summed E-state index contributed by atoms with van der Waals surface area (Å²) in [7, 11) is -1.76. The molecule has 21 heavy (non-hydrogen) atoms. The highest BCUT2D eigenvalue weighted by Crippen LogP contribution is 2.25. The second-order valence-electron chi connectivity index (χ2n) is 5.50. The third kappa shape index (κ3) is 3.26. The topological polar surface area (TPSA) is 66.6 Å². The van der Waals surface area contributed by atoms with Crippen LogP contribution in [0.2, 0.25) is 0 Å². The van der Waals surface area contributed by atoms with E-state index < -0.39 is 15.8 Å². The summed E-state index contributed by atoms with van der Waals surface area (Å²) in [6, 6.07) is 3.93. The van der Waals surface area contributed by atoms with Gasteiger partial charge in [0.25, 0.3) is 0 Å². The van der Waals surface area contributed by atoms with Gasteiger partial charge in [-0.25, -0.2) is 12.8 Å². The van der Waals surface area contributed by atoms with Gasteiger partial charge in [0.15, 0.2) is 0 Å². The maximum absolute atomic E-state index is 13.8. The van der Waals surface area contributed by atoms with E-state index in [9.17, 15) is 12.8 Å². The molecule has 1 heterocycles. The molecule has 5 nitrogen and oxygen atoms in total. The summed E-state index contributed by atoms with van der Waals surface area (Å²) in [6.07, 6.45) is 0.757. The highest BCUT2D eigenvalue weighted by Gasteiger charge is 2.33. The third-order valence-corrected chi connectivity index (χ3v) is 5.95. The maximum atomic E-state index is 13.8. The van der Waals surface area contributed by atoms with Gasteiger partial charge in [-0.3, -0.25) is 0 Å². The summed E-state index contributed by atoms with van der Waals surface area (Å²) in [6.45, 7) is 3.69. The zero-order valence-electron chi connectivity index (χ0n) is 12.4. The van der Waals surface area contributed by atoms with Crippen molar-refractivity contribution in [3.8, 4) is 0 Å². The van der Waals surface area contributed by atoms with Crippen LogP contribution >= 0.6 is 0 Å². The number of benzene rings is 1. The summed E-state index contributed by atoms with van der Waals surface area (Å²) in [4.78, 5) is 2.09. The molecule has 0 spiro atoms. The van der Waals surface area contributed by atoms with Crippen molar-refractivity contribution in [1.29, 1.82) is 0 Å². The van der Waals surface area contributed by atoms with Gasteiger partial charge in [-0.15, -0.1) is 0 Å². The molecule has 1 aromatic carbocycles. The van der Waals surface area contributed by atoms with Crippen molar-refractivity contribution in [2.24, 2.45) is 5.73 Å². The predicted molar refractivity (Wildman–Crippen MR) is 79.8 cm³/mol. The molecule has 0 bridgehead atoms. The molecule has 0 aromatic heterocycles. The van der Waals surface area contributed by atoms with Gasteiger partial charge >= 0.3 is 0 Å². The average Bonchev–Trinajstić information content (AvgIpc) is 2.59. The fourth-order valence-electron chi connectivity index (χ4n) is 2.81. The molecule has 1 aliphatic heterocycles. The van der Waals surface area contributed by atoms with Gasteiger partial charge in [-0.05, 0) is 39.1 Å². The van der Waals surface area contributed by atoms with Crippen LogP contribution in [0.1, 0.15) is 18.9 Å². The zero-order chi connectivity index (χ0) is 15.6. The number of rotatable bonds is 3. The molecule has 0 saturated carbocycles. The van der Waals surface area contributed by atoms with E-state index in [1.807, 2.05) is 14.0 Å². The average molecular weight is 315 g/mol. The Morgan fingerprint density at radius 1 is 1.38 bits per heavy atom. The van der Waals surface area contributed by atoms with Crippen LogP contribution in [-0.2, 0) is 16.6 Å². The molecule has 1 aliphatic rings. The Labute approximate surface area is 125 Å². The van der Waals surface area contributed by atoms with Crippen LogP contribution in [0.15, 0.2) is 23.1 Å². The maximum Gasteiger partial charge on any atom is 0.243 e. The van der Waals surface area contributed by atoms with Crippen LogP contribution in [0, 0.1) is 5.82 Å².